The Morgan fingerprint density at radius 2 is 1.93 bits per heavy atom. The maximum atomic E-state index is 12.2. The largest absolute Gasteiger partial charge is 0.509 e. The zero-order chi connectivity index (χ0) is 10.9. The van der Waals surface area contributed by atoms with Crippen molar-refractivity contribution in [2.24, 2.45) is 0 Å². The zero-order valence-electron chi connectivity index (χ0n) is 7.30. The van der Waals surface area contributed by atoms with Crippen molar-refractivity contribution >= 4 is 18.4 Å². The van der Waals surface area contributed by atoms with Gasteiger partial charge in [0, 0.05) is 0 Å². The van der Waals surface area contributed by atoms with Crippen LogP contribution in [-0.4, -0.2) is 18.1 Å². The van der Waals surface area contributed by atoms with Gasteiger partial charge in [-0.3, -0.25) is 0 Å². The molecule has 0 radical (unpaired) electrons. The second kappa shape index (κ2) is 3.36. The minimum absolute atomic E-state index is 0.103. The highest BCUT2D eigenvalue weighted by Gasteiger charge is 2.26. The van der Waals surface area contributed by atoms with Crippen molar-refractivity contribution in [2.45, 2.75) is 6.92 Å². The van der Waals surface area contributed by atoms with Crippen molar-refractivity contribution in [1.82, 2.24) is 0 Å². The Hall–Kier alpha value is -1.46. The van der Waals surface area contributed by atoms with Crippen LogP contribution < -0.4 is 5.46 Å². The van der Waals surface area contributed by atoms with Gasteiger partial charge in [-0.1, -0.05) is 18.2 Å². The Morgan fingerprint density at radius 3 is 2.29 bits per heavy atom. The number of carbonyl (C=O) groups is 1. The Bertz CT molecular complexity index is 373. The number of carboxylic acids is 1. The molecule has 0 heterocycles. The third-order valence-corrected chi connectivity index (χ3v) is 1.86. The first kappa shape index (κ1) is 10.6. The minimum atomic E-state index is -5.05. The van der Waals surface area contributed by atoms with Gasteiger partial charge in [0.25, 0.3) is 0 Å². The van der Waals surface area contributed by atoms with E-state index in [2.05, 4.69) is 0 Å². The summed E-state index contributed by atoms with van der Waals surface area (Å²) in [5.74, 6) is -1.22. The molecule has 0 aliphatic carbocycles. The van der Waals surface area contributed by atoms with Gasteiger partial charge in [0.2, 0.25) is 0 Å². The number of hydrogen-bond acceptors (Lipinski definition) is 1. The fourth-order valence-corrected chi connectivity index (χ4v) is 1.13. The maximum absolute atomic E-state index is 12.2. The highest BCUT2D eigenvalue weighted by atomic mass is 19.4. The fourth-order valence-electron chi connectivity index (χ4n) is 1.13. The van der Waals surface area contributed by atoms with Gasteiger partial charge in [0.05, 0.1) is 5.56 Å². The molecule has 14 heavy (non-hydrogen) atoms. The Labute approximate surface area is 78.4 Å². The fraction of sp³-hybridized carbons (Fsp3) is 0.125. The van der Waals surface area contributed by atoms with Crippen LogP contribution in [0, 0.1) is 6.92 Å². The van der Waals surface area contributed by atoms with E-state index in [0.717, 1.165) is 18.2 Å². The van der Waals surface area contributed by atoms with Gasteiger partial charge in [-0.25, -0.2) is 4.79 Å². The van der Waals surface area contributed by atoms with Crippen LogP contribution in [0.5, 0.6) is 0 Å². The lowest BCUT2D eigenvalue weighted by Gasteiger charge is -2.15. The molecule has 0 aliphatic heterocycles. The van der Waals surface area contributed by atoms with E-state index in [0.29, 0.717) is 0 Å². The summed E-state index contributed by atoms with van der Waals surface area (Å²) in [5.41, 5.74) is -0.754. The predicted molar refractivity (Wildman–Crippen MR) is 46.9 cm³/mol. The molecule has 1 aromatic carbocycles. The van der Waals surface area contributed by atoms with Gasteiger partial charge in [-0.15, -0.1) is 5.46 Å². The smallest absolute Gasteiger partial charge is 0.478 e. The van der Waals surface area contributed by atoms with Crippen LogP contribution in [0.3, 0.4) is 0 Å². The van der Waals surface area contributed by atoms with E-state index in [1.807, 2.05) is 0 Å². The SMILES string of the molecule is Cc1cc([B-](F)(F)F)ccc1C(=O)O. The standard InChI is InChI=1S/C8H7BF3O2/c1-5-4-6(9(10,11)12)2-3-7(5)8(13)14/h2-4H,1H3,(H,13,14)/q-1. The van der Waals surface area contributed by atoms with Crippen LogP contribution in [0.15, 0.2) is 18.2 Å². The highest BCUT2D eigenvalue weighted by Crippen LogP contribution is 2.12. The second-order valence-electron chi connectivity index (χ2n) is 2.95. The topological polar surface area (TPSA) is 37.3 Å². The van der Waals surface area contributed by atoms with Crippen molar-refractivity contribution in [3.63, 3.8) is 0 Å². The van der Waals surface area contributed by atoms with E-state index >= 15 is 0 Å². The quantitative estimate of drug-likeness (QED) is 0.743. The molecule has 6 heteroatoms. The van der Waals surface area contributed by atoms with Gasteiger partial charge in [0.1, 0.15) is 0 Å². The number of rotatable bonds is 2. The summed E-state index contributed by atoms with van der Waals surface area (Å²) in [5, 5.41) is 8.58. The molecule has 0 saturated carbocycles. The van der Waals surface area contributed by atoms with Gasteiger partial charge in [-0.05, 0) is 12.5 Å². The van der Waals surface area contributed by atoms with E-state index in [1.54, 1.807) is 0 Å². The van der Waals surface area contributed by atoms with E-state index in [1.165, 1.54) is 6.92 Å². The van der Waals surface area contributed by atoms with E-state index < -0.39 is 18.4 Å². The van der Waals surface area contributed by atoms with Crippen molar-refractivity contribution in [3.8, 4) is 0 Å². The lowest BCUT2D eigenvalue weighted by atomic mass is 9.79. The number of carboxylic acid groups (broad SMARTS) is 1. The molecule has 1 rings (SSSR count). The average Bonchev–Trinajstić information content (AvgIpc) is 2.01. The van der Waals surface area contributed by atoms with Crippen LogP contribution in [0.2, 0.25) is 0 Å². The molecule has 0 saturated heterocycles. The summed E-state index contributed by atoms with van der Waals surface area (Å²) in [6.07, 6.45) is 0. The Kier molecular flexibility index (Phi) is 2.55. The lowest BCUT2D eigenvalue weighted by Crippen LogP contribution is -2.34. The molecule has 0 amide bonds. The molecular formula is C8H7BF3O2-. The number of halogens is 3. The molecule has 0 fully saturated rings. The van der Waals surface area contributed by atoms with E-state index in [-0.39, 0.29) is 11.1 Å². The first-order valence-electron chi connectivity index (χ1n) is 3.86. The van der Waals surface area contributed by atoms with Crippen molar-refractivity contribution < 1.29 is 22.8 Å². The van der Waals surface area contributed by atoms with Crippen LogP contribution in [0.4, 0.5) is 12.9 Å². The molecular weight excluding hydrogens is 196 g/mol. The predicted octanol–water partition coefficient (Wildman–Crippen LogP) is 1.75. The van der Waals surface area contributed by atoms with Gasteiger partial charge >= 0.3 is 12.9 Å². The molecule has 1 N–H and O–H groups in total. The third-order valence-electron chi connectivity index (χ3n) is 1.86. The van der Waals surface area contributed by atoms with Crippen molar-refractivity contribution in [1.29, 1.82) is 0 Å². The monoisotopic (exact) mass is 203 g/mol. The van der Waals surface area contributed by atoms with Crippen molar-refractivity contribution in [3.05, 3.63) is 29.3 Å². The third kappa shape index (κ3) is 2.07. The minimum Gasteiger partial charge on any atom is -0.478 e. The molecule has 0 bridgehead atoms. The molecule has 76 valence electrons. The van der Waals surface area contributed by atoms with Gasteiger partial charge in [0.15, 0.2) is 0 Å². The number of aromatic carboxylic acids is 1. The van der Waals surface area contributed by atoms with Crippen LogP contribution in [-0.2, 0) is 0 Å². The van der Waals surface area contributed by atoms with E-state index in [4.69, 9.17) is 5.11 Å². The summed E-state index contributed by atoms with van der Waals surface area (Å²) < 4.78 is 36.6. The summed E-state index contributed by atoms with van der Waals surface area (Å²) in [6.45, 7) is -3.71. The zero-order valence-corrected chi connectivity index (χ0v) is 7.30. The summed E-state index contributed by atoms with van der Waals surface area (Å²) in [4.78, 5) is 10.5. The van der Waals surface area contributed by atoms with Crippen LogP contribution in [0.25, 0.3) is 0 Å². The Morgan fingerprint density at radius 1 is 1.36 bits per heavy atom. The van der Waals surface area contributed by atoms with E-state index in [9.17, 15) is 17.7 Å². The number of benzene rings is 1. The summed E-state index contributed by atoms with van der Waals surface area (Å²) in [6, 6.07) is 2.61. The Balaban J connectivity index is 3.20. The maximum Gasteiger partial charge on any atom is 0.509 e. The average molecular weight is 203 g/mol. The molecule has 1 aromatic rings. The molecule has 0 aromatic heterocycles. The molecule has 2 nitrogen and oxygen atoms in total. The van der Waals surface area contributed by atoms with Crippen LogP contribution >= 0.6 is 0 Å². The molecule has 0 aliphatic rings. The molecule has 0 atom stereocenters. The molecule has 0 unspecified atom stereocenters. The summed E-state index contributed by atoms with van der Waals surface area (Å²) in [7, 11) is 0. The van der Waals surface area contributed by atoms with Gasteiger partial charge < -0.3 is 18.1 Å². The lowest BCUT2D eigenvalue weighted by molar-refractivity contribution is 0.0696. The number of aryl methyl sites for hydroxylation is 1. The van der Waals surface area contributed by atoms with Crippen molar-refractivity contribution in [2.75, 3.05) is 0 Å². The second-order valence-corrected chi connectivity index (χ2v) is 2.95. The first-order chi connectivity index (χ1) is 6.32. The number of hydrogen-bond donors (Lipinski definition) is 1. The van der Waals surface area contributed by atoms with Crippen LogP contribution in [0.1, 0.15) is 15.9 Å². The summed E-state index contributed by atoms with van der Waals surface area (Å²) >= 11 is 0. The van der Waals surface area contributed by atoms with Gasteiger partial charge in [-0.2, -0.15) is 0 Å². The molecule has 0 spiro atoms. The highest BCUT2D eigenvalue weighted by molar-refractivity contribution is 6.73. The normalized spacial score (nSPS) is 11.4. The first-order valence-corrected chi connectivity index (χ1v) is 3.86.